The average molecular weight is 332 g/mol. The number of hydrogen-bond donors (Lipinski definition) is 0. The third kappa shape index (κ3) is 3.64. The molecule has 1 aliphatic heterocycles. The fourth-order valence-corrected chi connectivity index (χ4v) is 2.95. The van der Waals surface area contributed by atoms with Crippen molar-refractivity contribution in [2.45, 2.75) is 33.2 Å². The van der Waals surface area contributed by atoms with Crippen molar-refractivity contribution in [3.8, 4) is 0 Å². The second kappa shape index (κ2) is 7.12. The number of hydrogen-bond acceptors (Lipinski definition) is 6. The Hall–Kier alpha value is -2.22. The molecule has 3 rings (SSSR count). The van der Waals surface area contributed by atoms with Crippen molar-refractivity contribution in [3.63, 3.8) is 0 Å². The zero-order chi connectivity index (χ0) is 17.1. The predicted molar refractivity (Wildman–Crippen MR) is 87.2 cm³/mol. The van der Waals surface area contributed by atoms with Crippen molar-refractivity contribution < 1.29 is 9.42 Å². The Bertz CT molecular complexity index is 699. The van der Waals surface area contributed by atoms with Crippen molar-refractivity contribution >= 4 is 5.91 Å². The third-order valence-corrected chi connectivity index (χ3v) is 4.79. The van der Waals surface area contributed by atoms with E-state index in [1.54, 1.807) is 0 Å². The highest BCUT2D eigenvalue weighted by atomic mass is 16.6. The Morgan fingerprint density at radius 2 is 1.96 bits per heavy atom. The number of amides is 1. The zero-order valence-electron chi connectivity index (χ0n) is 14.5. The number of nitrogens with zero attached hydrogens (tertiary/aromatic N) is 6. The van der Waals surface area contributed by atoms with Crippen LogP contribution in [0.15, 0.2) is 10.8 Å². The van der Waals surface area contributed by atoms with E-state index in [9.17, 15) is 4.79 Å². The Labute approximate surface area is 141 Å². The first-order chi connectivity index (χ1) is 11.5. The van der Waals surface area contributed by atoms with Crippen molar-refractivity contribution in [1.29, 1.82) is 0 Å². The molecule has 3 heterocycles. The van der Waals surface area contributed by atoms with Gasteiger partial charge in [0.05, 0.1) is 6.20 Å². The molecule has 8 nitrogen and oxygen atoms in total. The fourth-order valence-electron chi connectivity index (χ4n) is 2.95. The maximum absolute atomic E-state index is 12.4. The summed E-state index contributed by atoms with van der Waals surface area (Å²) in [6.07, 6.45) is 3.15. The van der Waals surface area contributed by atoms with Crippen LogP contribution in [0.25, 0.3) is 0 Å². The summed E-state index contributed by atoms with van der Waals surface area (Å²) >= 11 is 0. The molecular formula is C16H24N6O2. The van der Waals surface area contributed by atoms with Gasteiger partial charge < -0.3 is 4.90 Å². The van der Waals surface area contributed by atoms with Gasteiger partial charge in [-0.15, -0.1) is 0 Å². The largest absolute Gasteiger partial charge is 0.340 e. The number of aryl methyl sites for hydroxylation is 3. The molecule has 24 heavy (non-hydrogen) atoms. The van der Waals surface area contributed by atoms with Gasteiger partial charge in [-0.1, -0.05) is 10.3 Å². The topological polar surface area (TPSA) is 80.3 Å². The van der Waals surface area contributed by atoms with E-state index >= 15 is 0 Å². The van der Waals surface area contributed by atoms with E-state index in [-0.39, 0.29) is 5.91 Å². The minimum Gasteiger partial charge on any atom is -0.340 e. The highest BCUT2D eigenvalue weighted by molar-refractivity contribution is 5.76. The summed E-state index contributed by atoms with van der Waals surface area (Å²) in [4.78, 5) is 16.6. The average Bonchev–Trinajstić information content (AvgIpc) is 3.13. The monoisotopic (exact) mass is 332 g/mol. The Balaban J connectivity index is 1.45. The second-order valence-electron chi connectivity index (χ2n) is 6.33. The van der Waals surface area contributed by atoms with E-state index in [1.165, 1.54) is 0 Å². The van der Waals surface area contributed by atoms with Gasteiger partial charge in [0.1, 0.15) is 11.4 Å². The molecule has 1 saturated heterocycles. The molecule has 1 fully saturated rings. The normalized spacial score (nSPS) is 15.9. The van der Waals surface area contributed by atoms with E-state index in [4.69, 9.17) is 4.63 Å². The summed E-state index contributed by atoms with van der Waals surface area (Å²) in [6.45, 7) is 7.88. The Morgan fingerprint density at radius 1 is 1.21 bits per heavy atom. The first-order valence-corrected chi connectivity index (χ1v) is 8.30. The predicted octanol–water partition coefficient (Wildman–Crippen LogP) is 0.697. The molecule has 0 bridgehead atoms. The van der Waals surface area contributed by atoms with Crippen LogP contribution in [0, 0.1) is 13.8 Å². The molecule has 0 atom stereocenters. The van der Waals surface area contributed by atoms with E-state index in [1.807, 2.05) is 36.7 Å². The van der Waals surface area contributed by atoms with Crippen molar-refractivity contribution in [2.75, 3.05) is 26.2 Å². The standard InChI is InChI=1S/C16H24N6O2/c1-12-15(19-24-18-12)11-21-6-8-22(9-7-21)16(23)5-4-14-10-17-20(3)13(14)2/h10H,4-9,11H2,1-3H3. The van der Waals surface area contributed by atoms with Gasteiger partial charge in [0.2, 0.25) is 5.91 Å². The smallest absolute Gasteiger partial charge is 0.222 e. The molecule has 1 amide bonds. The van der Waals surface area contributed by atoms with E-state index in [2.05, 4.69) is 20.3 Å². The van der Waals surface area contributed by atoms with Crippen LogP contribution in [0.4, 0.5) is 0 Å². The van der Waals surface area contributed by atoms with Crippen LogP contribution in [-0.4, -0.2) is 62.0 Å². The fraction of sp³-hybridized carbons (Fsp3) is 0.625. The maximum Gasteiger partial charge on any atom is 0.222 e. The van der Waals surface area contributed by atoms with Crippen LogP contribution in [0.2, 0.25) is 0 Å². The molecule has 0 aliphatic carbocycles. The lowest BCUT2D eigenvalue weighted by Gasteiger charge is -2.34. The first-order valence-electron chi connectivity index (χ1n) is 8.30. The van der Waals surface area contributed by atoms with Crippen molar-refractivity contribution in [2.24, 2.45) is 7.05 Å². The molecule has 130 valence electrons. The lowest BCUT2D eigenvalue weighted by atomic mass is 10.1. The van der Waals surface area contributed by atoms with Gasteiger partial charge in [-0.05, 0) is 25.8 Å². The minimum absolute atomic E-state index is 0.220. The van der Waals surface area contributed by atoms with Gasteiger partial charge in [0, 0.05) is 51.9 Å². The van der Waals surface area contributed by atoms with Gasteiger partial charge in [-0.3, -0.25) is 14.4 Å². The third-order valence-electron chi connectivity index (χ3n) is 4.79. The van der Waals surface area contributed by atoms with Crippen molar-refractivity contribution in [3.05, 3.63) is 28.8 Å². The summed E-state index contributed by atoms with van der Waals surface area (Å²) < 4.78 is 6.58. The number of piperazine rings is 1. The quantitative estimate of drug-likeness (QED) is 0.802. The number of aromatic nitrogens is 4. The minimum atomic E-state index is 0.220. The summed E-state index contributed by atoms with van der Waals surface area (Å²) in [5.41, 5.74) is 3.99. The lowest BCUT2D eigenvalue weighted by molar-refractivity contribution is -0.133. The molecule has 2 aromatic heterocycles. The van der Waals surface area contributed by atoms with Crippen LogP contribution in [0.1, 0.15) is 29.1 Å². The molecule has 0 aromatic carbocycles. The van der Waals surface area contributed by atoms with Gasteiger partial charge >= 0.3 is 0 Å². The van der Waals surface area contributed by atoms with E-state index in [0.717, 1.165) is 61.8 Å². The van der Waals surface area contributed by atoms with Crippen LogP contribution < -0.4 is 0 Å². The maximum atomic E-state index is 12.4. The van der Waals surface area contributed by atoms with Crippen LogP contribution in [-0.2, 0) is 24.8 Å². The molecule has 1 aliphatic rings. The van der Waals surface area contributed by atoms with Gasteiger partial charge in [-0.25, -0.2) is 4.63 Å². The highest BCUT2D eigenvalue weighted by Crippen LogP contribution is 2.12. The SMILES string of the molecule is Cc1nonc1CN1CCN(C(=O)CCc2cnn(C)c2C)CC1. The molecule has 0 radical (unpaired) electrons. The molecular weight excluding hydrogens is 308 g/mol. The molecule has 0 spiro atoms. The second-order valence-corrected chi connectivity index (χ2v) is 6.33. The highest BCUT2D eigenvalue weighted by Gasteiger charge is 2.22. The van der Waals surface area contributed by atoms with Crippen LogP contribution in [0.5, 0.6) is 0 Å². The molecule has 2 aromatic rings. The molecule has 0 saturated carbocycles. The summed E-state index contributed by atoms with van der Waals surface area (Å²) in [6, 6.07) is 0. The van der Waals surface area contributed by atoms with Gasteiger partial charge in [0.25, 0.3) is 0 Å². The Kier molecular flexibility index (Phi) is 4.94. The zero-order valence-corrected chi connectivity index (χ0v) is 14.5. The number of rotatable bonds is 5. The Morgan fingerprint density at radius 3 is 2.54 bits per heavy atom. The molecule has 8 heteroatoms. The van der Waals surface area contributed by atoms with Gasteiger partial charge in [0.15, 0.2) is 0 Å². The number of carbonyl (C=O) groups excluding carboxylic acids is 1. The van der Waals surface area contributed by atoms with E-state index < -0.39 is 0 Å². The molecule has 0 unspecified atom stereocenters. The summed E-state index contributed by atoms with van der Waals surface area (Å²) in [5, 5.41) is 11.9. The van der Waals surface area contributed by atoms with Crippen molar-refractivity contribution in [1.82, 2.24) is 29.9 Å². The number of carbonyl (C=O) groups is 1. The first kappa shape index (κ1) is 16.6. The molecule has 0 N–H and O–H groups in total. The lowest BCUT2D eigenvalue weighted by Crippen LogP contribution is -2.48. The van der Waals surface area contributed by atoms with Crippen LogP contribution >= 0.6 is 0 Å². The van der Waals surface area contributed by atoms with E-state index in [0.29, 0.717) is 6.42 Å². The summed E-state index contributed by atoms with van der Waals surface area (Å²) in [7, 11) is 1.92. The summed E-state index contributed by atoms with van der Waals surface area (Å²) in [5.74, 6) is 0.220. The van der Waals surface area contributed by atoms with Gasteiger partial charge in [-0.2, -0.15) is 5.10 Å². The van der Waals surface area contributed by atoms with Crippen LogP contribution in [0.3, 0.4) is 0 Å².